The Morgan fingerprint density at radius 1 is 1.18 bits per heavy atom. The Morgan fingerprint density at radius 3 is 2.54 bits per heavy atom. The van der Waals surface area contributed by atoms with E-state index >= 15 is 0 Å². The molecule has 2 aromatic carbocycles. The van der Waals surface area contributed by atoms with E-state index in [1.165, 1.54) is 26.3 Å². The van der Waals surface area contributed by atoms with Gasteiger partial charge in [0.2, 0.25) is 5.91 Å². The van der Waals surface area contributed by atoms with Gasteiger partial charge in [0.15, 0.2) is 18.2 Å². The second-order valence-corrected chi connectivity index (χ2v) is 6.11. The number of benzene rings is 2. The van der Waals surface area contributed by atoms with Crippen LogP contribution in [0.3, 0.4) is 0 Å². The van der Waals surface area contributed by atoms with E-state index in [9.17, 15) is 18.8 Å². The highest BCUT2D eigenvalue weighted by Crippen LogP contribution is 2.20. The first kappa shape index (κ1) is 21.2. The van der Waals surface area contributed by atoms with Gasteiger partial charge in [-0.3, -0.25) is 9.59 Å². The van der Waals surface area contributed by atoms with Crippen molar-refractivity contribution in [3.05, 3.63) is 58.9 Å². The minimum Gasteiger partial charge on any atom is -0.494 e. The number of nitrogens with one attached hydrogen (secondary N) is 1. The van der Waals surface area contributed by atoms with E-state index in [1.54, 1.807) is 24.3 Å². The SMILES string of the molecule is COc1ccc(C(=O)OCC(=O)N(C)CC(=O)Nc2ccccc2Cl)cc1F. The third kappa shape index (κ3) is 5.68. The average molecular weight is 409 g/mol. The summed E-state index contributed by atoms with van der Waals surface area (Å²) in [6, 6.07) is 10.2. The van der Waals surface area contributed by atoms with Crippen molar-refractivity contribution in [3.63, 3.8) is 0 Å². The molecule has 7 nitrogen and oxygen atoms in total. The van der Waals surface area contributed by atoms with E-state index in [1.807, 2.05) is 0 Å². The Kier molecular flexibility index (Phi) is 7.34. The highest BCUT2D eigenvalue weighted by Gasteiger charge is 2.17. The molecule has 28 heavy (non-hydrogen) atoms. The number of ether oxygens (including phenoxy) is 2. The molecule has 0 aliphatic rings. The summed E-state index contributed by atoms with van der Waals surface area (Å²) in [4.78, 5) is 37.1. The summed E-state index contributed by atoms with van der Waals surface area (Å²) in [7, 11) is 2.68. The molecule has 0 spiro atoms. The highest BCUT2D eigenvalue weighted by molar-refractivity contribution is 6.33. The van der Waals surface area contributed by atoms with Crippen LogP contribution in [0.5, 0.6) is 5.75 Å². The molecule has 2 rings (SSSR count). The number of para-hydroxylation sites is 1. The first-order chi connectivity index (χ1) is 13.3. The van der Waals surface area contributed by atoms with Crippen LogP contribution >= 0.6 is 11.6 Å². The second-order valence-electron chi connectivity index (χ2n) is 5.70. The van der Waals surface area contributed by atoms with Crippen molar-refractivity contribution in [1.82, 2.24) is 4.90 Å². The monoisotopic (exact) mass is 408 g/mol. The Balaban J connectivity index is 1.85. The van der Waals surface area contributed by atoms with E-state index in [0.717, 1.165) is 11.0 Å². The Labute approximate surface area is 166 Å². The summed E-state index contributed by atoms with van der Waals surface area (Å²) in [5.41, 5.74) is 0.355. The van der Waals surface area contributed by atoms with Crippen LogP contribution in [0.1, 0.15) is 10.4 Å². The van der Waals surface area contributed by atoms with Crippen molar-refractivity contribution in [3.8, 4) is 5.75 Å². The van der Waals surface area contributed by atoms with Gasteiger partial charge < -0.3 is 19.7 Å². The van der Waals surface area contributed by atoms with Gasteiger partial charge in [-0.05, 0) is 30.3 Å². The predicted octanol–water partition coefficient (Wildman–Crippen LogP) is 2.74. The van der Waals surface area contributed by atoms with Crippen molar-refractivity contribution in [2.24, 2.45) is 0 Å². The fraction of sp³-hybridized carbons (Fsp3) is 0.211. The molecule has 0 aliphatic carbocycles. The van der Waals surface area contributed by atoms with Crippen molar-refractivity contribution in [2.45, 2.75) is 0 Å². The number of hydrogen-bond acceptors (Lipinski definition) is 5. The standard InChI is InChI=1S/C19H18ClFN2O5/c1-23(10-17(24)22-15-6-4-3-5-13(15)20)18(25)11-28-19(26)12-7-8-16(27-2)14(21)9-12/h3-9H,10-11H2,1-2H3,(H,22,24). The number of anilines is 1. The van der Waals surface area contributed by atoms with Crippen LogP contribution in [-0.2, 0) is 14.3 Å². The van der Waals surface area contributed by atoms with E-state index in [4.69, 9.17) is 21.1 Å². The molecule has 0 heterocycles. The van der Waals surface area contributed by atoms with E-state index in [-0.39, 0.29) is 17.9 Å². The molecule has 148 valence electrons. The zero-order valence-electron chi connectivity index (χ0n) is 15.2. The topological polar surface area (TPSA) is 84.9 Å². The summed E-state index contributed by atoms with van der Waals surface area (Å²) >= 11 is 5.95. The lowest BCUT2D eigenvalue weighted by molar-refractivity contribution is -0.136. The van der Waals surface area contributed by atoms with Gasteiger partial charge in [-0.25, -0.2) is 9.18 Å². The molecule has 0 atom stereocenters. The van der Waals surface area contributed by atoms with Crippen LogP contribution in [0.15, 0.2) is 42.5 Å². The third-order valence-electron chi connectivity index (χ3n) is 3.67. The maximum absolute atomic E-state index is 13.6. The normalized spacial score (nSPS) is 10.1. The molecule has 0 radical (unpaired) electrons. The lowest BCUT2D eigenvalue weighted by atomic mass is 10.2. The van der Waals surface area contributed by atoms with Crippen molar-refractivity contribution in [1.29, 1.82) is 0 Å². The van der Waals surface area contributed by atoms with Gasteiger partial charge in [0.05, 0.1) is 29.9 Å². The van der Waals surface area contributed by atoms with Gasteiger partial charge in [0.1, 0.15) is 0 Å². The Morgan fingerprint density at radius 2 is 1.89 bits per heavy atom. The Hall–Kier alpha value is -3.13. The minimum atomic E-state index is -0.871. The van der Waals surface area contributed by atoms with Crippen LogP contribution in [0, 0.1) is 5.82 Å². The van der Waals surface area contributed by atoms with Crippen molar-refractivity contribution in [2.75, 3.05) is 32.6 Å². The largest absolute Gasteiger partial charge is 0.494 e. The molecule has 2 aromatic rings. The first-order valence-corrected chi connectivity index (χ1v) is 8.48. The zero-order chi connectivity index (χ0) is 20.7. The molecule has 0 unspecified atom stereocenters. The number of halogens is 2. The van der Waals surface area contributed by atoms with Crippen molar-refractivity contribution < 1.29 is 28.2 Å². The average Bonchev–Trinajstić information content (AvgIpc) is 2.67. The molecule has 0 aliphatic heterocycles. The van der Waals surface area contributed by atoms with Crippen LogP contribution in [0.25, 0.3) is 0 Å². The fourth-order valence-corrected chi connectivity index (χ4v) is 2.35. The number of carbonyl (C=O) groups is 3. The highest BCUT2D eigenvalue weighted by atomic mass is 35.5. The molecule has 0 saturated heterocycles. The molecular weight excluding hydrogens is 391 g/mol. The van der Waals surface area contributed by atoms with Crippen LogP contribution < -0.4 is 10.1 Å². The lowest BCUT2D eigenvalue weighted by Gasteiger charge is -2.17. The number of likely N-dealkylation sites (N-methyl/N-ethyl adjacent to an activating group) is 1. The third-order valence-corrected chi connectivity index (χ3v) is 4.00. The number of rotatable bonds is 7. The summed E-state index contributed by atoms with van der Waals surface area (Å²) in [5, 5.41) is 2.94. The number of nitrogens with zero attached hydrogens (tertiary/aromatic N) is 1. The van der Waals surface area contributed by atoms with E-state index in [2.05, 4.69) is 5.32 Å². The summed E-state index contributed by atoms with van der Waals surface area (Å²) in [6.45, 7) is -0.860. The maximum atomic E-state index is 13.6. The van der Waals surface area contributed by atoms with Gasteiger partial charge in [-0.1, -0.05) is 23.7 Å². The summed E-state index contributed by atoms with van der Waals surface area (Å²) < 4.78 is 23.3. The van der Waals surface area contributed by atoms with Crippen LogP contribution in [0.2, 0.25) is 5.02 Å². The van der Waals surface area contributed by atoms with E-state index < -0.39 is 30.2 Å². The van der Waals surface area contributed by atoms with Gasteiger partial charge in [-0.2, -0.15) is 0 Å². The zero-order valence-corrected chi connectivity index (χ0v) is 16.0. The molecular formula is C19H18ClFN2O5. The molecule has 9 heteroatoms. The first-order valence-electron chi connectivity index (χ1n) is 8.11. The van der Waals surface area contributed by atoms with Gasteiger partial charge in [-0.15, -0.1) is 0 Å². The van der Waals surface area contributed by atoms with E-state index in [0.29, 0.717) is 10.7 Å². The number of carbonyl (C=O) groups excluding carboxylic acids is 3. The van der Waals surface area contributed by atoms with Gasteiger partial charge in [0, 0.05) is 7.05 Å². The molecule has 0 saturated carbocycles. The maximum Gasteiger partial charge on any atom is 0.338 e. The predicted molar refractivity (Wildman–Crippen MR) is 101 cm³/mol. The second kappa shape index (κ2) is 9.70. The van der Waals surface area contributed by atoms with Crippen molar-refractivity contribution >= 4 is 35.1 Å². The molecule has 0 fully saturated rings. The Bertz CT molecular complexity index is 890. The fourth-order valence-electron chi connectivity index (χ4n) is 2.17. The molecule has 0 bridgehead atoms. The summed E-state index contributed by atoms with van der Waals surface area (Å²) in [6.07, 6.45) is 0. The van der Waals surface area contributed by atoms with Crippen LogP contribution in [-0.4, -0.2) is 50.0 Å². The molecule has 0 aromatic heterocycles. The number of amides is 2. The van der Waals surface area contributed by atoms with Gasteiger partial charge >= 0.3 is 5.97 Å². The minimum absolute atomic E-state index is 0.0168. The molecule has 1 N–H and O–H groups in total. The lowest BCUT2D eigenvalue weighted by Crippen LogP contribution is -2.37. The number of hydrogen-bond donors (Lipinski definition) is 1. The number of esters is 1. The summed E-state index contributed by atoms with van der Waals surface area (Å²) in [5.74, 6) is -2.68. The number of methoxy groups -OCH3 is 1. The van der Waals surface area contributed by atoms with Gasteiger partial charge in [0.25, 0.3) is 5.91 Å². The van der Waals surface area contributed by atoms with Crippen LogP contribution in [0.4, 0.5) is 10.1 Å². The quantitative estimate of drug-likeness (QED) is 0.712. The smallest absolute Gasteiger partial charge is 0.338 e. The molecule has 2 amide bonds.